The number of nitrogens with zero attached hydrogens (tertiary/aromatic N) is 2. The third-order valence-electron chi connectivity index (χ3n) is 3.95. The zero-order valence-electron chi connectivity index (χ0n) is 13.2. The summed E-state index contributed by atoms with van der Waals surface area (Å²) in [5, 5.41) is 7.01. The van der Waals surface area contributed by atoms with Crippen LogP contribution < -0.4 is 10.6 Å². The highest BCUT2D eigenvalue weighted by molar-refractivity contribution is 5.59. The molecule has 20 heavy (non-hydrogen) atoms. The lowest BCUT2D eigenvalue weighted by atomic mass is 10.0. The lowest BCUT2D eigenvalue weighted by molar-refractivity contribution is 0.583. The Morgan fingerprint density at radius 1 is 1.20 bits per heavy atom. The highest BCUT2D eigenvalue weighted by atomic mass is 15.1. The molecule has 0 aromatic carbocycles. The molecule has 0 saturated heterocycles. The minimum atomic E-state index is 0.409. The van der Waals surface area contributed by atoms with Crippen molar-refractivity contribution in [3.63, 3.8) is 0 Å². The van der Waals surface area contributed by atoms with Crippen LogP contribution in [0.5, 0.6) is 0 Å². The Balaban J connectivity index is 2.17. The minimum Gasteiger partial charge on any atom is -0.370 e. The van der Waals surface area contributed by atoms with Gasteiger partial charge in [-0.25, -0.2) is 9.97 Å². The van der Waals surface area contributed by atoms with Gasteiger partial charge in [-0.2, -0.15) is 0 Å². The summed E-state index contributed by atoms with van der Waals surface area (Å²) < 4.78 is 0. The summed E-state index contributed by atoms with van der Waals surface area (Å²) in [4.78, 5) is 8.89. The van der Waals surface area contributed by atoms with Crippen molar-refractivity contribution in [2.45, 2.75) is 65.3 Å². The van der Waals surface area contributed by atoms with E-state index < -0.39 is 0 Å². The van der Waals surface area contributed by atoms with Crippen LogP contribution >= 0.6 is 0 Å². The third kappa shape index (κ3) is 3.84. The molecule has 1 unspecified atom stereocenters. The minimum absolute atomic E-state index is 0.409. The molecule has 112 valence electrons. The second kappa shape index (κ2) is 6.91. The first-order valence-corrected chi connectivity index (χ1v) is 8.00. The van der Waals surface area contributed by atoms with Gasteiger partial charge in [-0.15, -0.1) is 0 Å². The van der Waals surface area contributed by atoms with Crippen LogP contribution in [0.3, 0.4) is 0 Å². The SMILES string of the molecule is CCNc1ncnc(NC(CC)CC2CC2)c1C(C)C. The Morgan fingerprint density at radius 3 is 2.45 bits per heavy atom. The molecule has 1 aromatic rings. The molecule has 1 atom stereocenters. The van der Waals surface area contributed by atoms with Crippen LogP contribution in [0.25, 0.3) is 0 Å². The van der Waals surface area contributed by atoms with E-state index in [0.29, 0.717) is 12.0 Å². The summed E-state index contributed by atoms with van der Waals surface area (Å²) in [6.45, 7) is 9.64. The van der Waals surface area contributed by atoms with Crippen molar-refractivity contribution in [3.05, 3.63) is 11.9 Å². The largest absolute Gasteiger partial charge is 0.370 e. The molecular formula is C16H28N4. The molecule has 2 N–H and O–H groups in total. The summed E-state index contributed by atoms with van der Waals surface area (Å²) in [7, 11) is 0. The molecular weight excluding hydrogens is 248 g/mol. The number of hydrogen-bond acceptors (Lipinski definition) is 4. The van der Waals surface area contributed by atoms with E-state index in [0.717, 1.165) is 30.5 Å². The fourth-order valence-corrected chi connectivity index (χ4v) is 2.64. The molecule has 1 aliphatic carbocycles. The zero-order chi connectivity index (χ0) is 14.5. The predicted octanol–water partition coefficient (Wildman–Crippen LogP) is 4.02. The highest BCUT2D eigenvalue weighted by Crippen LogP contribution is 2.36. The van der Waals surface area contributed by atoms with Crippen LogP contribution in [-0.4, -0.2) is 22.6 Å². The van der Waals surface area contributed by atoms with Gasteiger partial charge in [0.2, 0.25) is 0 Å². The highest BCUT2D eigenvalue weighted by Gasteiger charge is 2.25. The van der Waals surface area contributed by atoms with Crippen LogP contribution in [0.2, 0.25) is 0 Å². The summed E-state index contributed by atoms with van der Waals surface area (Å²) in [5.41, 5.74) is 1.21. The summed E-state index contributed by atoms with van der Waals surface area (Å²) >= 11 is 0. The van der Waals surface area contributed by atoms with Crippen molar-refractivity contribution < 1.29 is 0 Å². The average Bonchev–Trinajstić information content (AvgIpc) is 3.22. The van der Waals surface area contributed by atoms with Gasteiger partial charge in [-0.3, -0.25) is 0 Å². The van der Waals surface area contributed by atoms with Gasteiger partial charge in [0.1, 0.15) is 18.0 Å². The van der Waals surface area contributed by atoms with Crippen LogP contribution in [0, 0.1) is 5.92 Å². The lowest BCUT2D eigenvalue weighted by Crippen LogP contribution is -2.22. The van der Waals surface area contributed by atoms with Gasteiger partial charge in [0, 0.05) is 18.2 Å². The molecule has 1 saturated carbocycles. The first kappa shape index (κ1) is 15.1. The molecule has 1 heterocycles. The van der Waals surface area contributed by atoms with E-state index >= 15 is 0 Å². The molecule has 1 fully saturated rings. The van der Waals surface area contributed by atoms with Gasteiger partial charge in [0.25, 0.3) is 0 Å². The molecule has 0 spiro atoms. The fraction of sp³-hybridized carbons (Fsp3) is 0.750. The van der Waals surface area contributed by atoms with Crippen LogP contribution in [0.4, 0.5) is 11.6 Å². The van der Waals surface area contributed by atoms with E-state index in [1.54, 1.807) is 6.33 Å². The van der Waals surface area contributed by atoms with Crippen molar-refractivity contribution >= 4 is 11.6 Å². The molecule has 1 aliphatic rings. The van der Waals surface area contributed by atoms with Gasteiger partial charge in [-0.05, 0) is 31.6 Å². The van der Waals surface area contributed by atoms with Crippen LogP contribution in [-0.2, 0) is 0 Å². The molecule has 0 radical (unpaired) electrons. The summed E-state index contributed by atoms with van der Waals surface area (Å²) in [6.07, 6.45) is 6.89. The smallest absolute Gasteiger partial charge is 0.135 e. The molecule has 0 amide bonds. The number of aromatic nitrogens is 2. The Morgan fingerprint density at radius 2 is 1.90 bits per heavy atom. The second-order valence-electron chi connectivity index (χ2n) is 6.10. The van der Waals surface area contributed by atoms with Gasteiger partial charge in [-0.1, -0.05) is 33.6 Å². The van der Waals surface area contributed by atoms with Crippen molar-refractivity contribution in [1.29, 1.82) is 0 Å². The van der Waals surface area contributed by atoms with Crippen LogP contribution in [0.1, 0.15) is 64.9 Å². The maximum atomic E-state index is 4.50. The van der Waals surface area contributed by atoms with E-state index in [9.17, 15) is 0 Å². The van der Waals surface area contributed by atoms with E-state index in [-0.39, 0.29) is 0 Å². The molecule has 1 aromatic heterocycles. The zero-order valence-corrected chi connectivity index (χ0v) is 13.2. The monoisotopic (exact) mass is 276 g/mol. The Kier molecular flexibility index (Phi) is 5.21. The van der Waals surface area contributed by atoms with Gasteiger partial charge in [0.15, 0.2) is 0 Å². The molecule has 0 bridgehead atoms. The van der Waals surface area contributed by atoms with E-state index in [4.69, 9.17) is 0 Å². The Bertz CT molecular complexity index is 426. The fourth-order valence-electron chi connectivity index (χ4n) is 2.64. The quantitative estimate of drug-likeness (QED) is 0.753. The normalized spacial score (nSPS) is 16.2. The van der Waals surface area contributed by atoms with E-state index in [2.05, 4.69) is 48.3 Å². The van der Waals surface area contributed by atoms with Crippen molar-refractivity contribution in [2.24, 2.45) is 5.92 Å². The predicted molar refractivity (Wildman–Crippen MR) is 85.3 cm³/mol. The number of nitrogens with one attached hydrogen (secondary N) is 2. The lowest BCUT2D eigenvalue weighted by Gasteiger charge is -2.22. The van der Waals surface area contributed by atoms with Crippen molar-refractivity contribution in [2.75, 3.05) is 17.2 Å². The van der Waals surface area contributed by atoms with Gasteiger partial charge >= 0.3 is 0 Å². The average molecular weight is 276 g/mol. The maximum Gasteiger partial charge on any atom is 0.135 e. The van der Waals surface area contributed by atoms with Crippen molar-refractivity contribution in [3.8, 4) is 0 Å². The number of anilines is 2. The first-order chi connectivity index (χ1) is 9.65. The van der Waals surface area contributed by atoms with E-state index in [1.165, 1.54) is 24.8 Å². The standard InChI is InChI=1S/C16H28N4/c1-5-13(9-12-7-8-12)20-16-14(11(3)4)15(17-6-2)18-10-19-16/h10-13H,5-9H2,1-4H3,(H2,17,18,19,20). The van der Waals surface area contributed by atoms with Gasteiger partial charge in [0.05, 0.1) is 0 Å². The third-order valence-corrected chi connectivity index (χ3v) is 3.95. The van der Waals surface area contributed by atoms with Crippen LogP contribution in [0.15, 0.2) is 6.33 Å². The number of rotatable bonds is 8. The number of hydrogen-bond donors (Lipinski definition) is 2. The topological polar surface area (TPSA) is 49.8 Å². The first-order valence-electron chi connectivity index (χ1n) is 8.00. The molecule has 0 aliphatic heterocycles. The van der Waals surface area contributed by atoms with Gasteiger partial charge < -0.3 is 10.6 Å². The summed E-state index contributed by atoms with van der Waals surface area (Å²) in [6, 6.07) is 0.532. The molecule has 4 nitrogen and oxygen atoms in total. The Hall–Kier alpha value is -1.32. The molecule has 2 rings (SSSR count). The Labute approximate surface area is 122 Å². The molecule has 4 heteroatoms. The van der Waals surface area contributed by atoms with Crippen molar-refractivity contribution in [1.82, 2.24) is 9.97 Å². The maximum absolute atomic E-state index is 4.50. The van der Waals surface area contributed by atoms with E-state index in [1.807, 2.05) is 0 Å². The summed E-state index contributed by atoms with van der Waals surface area (Å²) in [5.74, 6) is 3.33. The second-order valence-corrected chi connectivity index (χ2v) is 6.10.